The molecule has 3 heterocycles. The zero-order chi connectivity index (χ0) is 26.1. The summed E-state index contributed by atoms with van der Waals surface area (Å²) in [4.78, 5) is 29.3. The third kappa shape index (κ3) is 5.32. The van der Waals surface area contributed by atoms with Gasteiger partial charge in [-0.15, -0.1) is 0 Å². The summed E-state index contributed by atoms with van der Waals surface area (Å²) >= 11 is 0. The van der Waals surface area contributed by atoms with Crippen LogP contribution in [-0.4, -0.2) is 56.5 Å². The van der Waals surface area contributed by atoms with Gasteiger partial charge in [0.1, 0.15) is 17.3 Å². The van der Waals surface area contributed by atoms with Gasteiger partial charge in [0.2, 0.25) is 5.91 Å². The van der Waals surface area contributed by atoms with Gasteiger partial charge < -0.3 is 29.3 Å². The lowest BCUT2D eigenvalue weighted by Crippen LogP contribution is -2.43. The van der Waals surface area contributed by atoms with Crippen LogP contribution in [0.5, 0.6) is 0 Å². The van der Waals surface area contributed by atoms with Crippen LogP contribution in [0, 0.1) is 0 Å². The number of halogens is 1. The molecular weight excluding hydrogens is 475 g/mol. The zero-order valence-electron chi connectivity index (χ0n) is 21.2. The van der Waals surface area contributed by atoms with Crippen LogP contribution in [0.1, 0.15) is 41.9 Å². The highest BCUT2D eigenvalue weighted by atomic mass is 19.1. The Morgan fingerprint density at radius 3 is 2.62 bits per heavy atom. The van der Waals surface area contributed by atoms with Gasteiger partial charge in [-0.05, 0) is 57.8 Å². The van der Waals surface area contributed by atoms with E-state index in [0.717, 1.165) is 29.4 Å². The van der Waals surface area contributed by atoms with Crippen LogP contribution >= 0.6 is 0 Å². The molecule has 2 aromatic carbocycles. The Morgan fingerprint density at radius 2 is 1.92 bits per heavy atom. The van der Waals surface area contributed by atoms with Crippen LogP contribution in [0.15, 0.2) is 57.6 Å². The molecule has 0 bridgehead atoms. The van der Waals surface area contributed by atoms with Gasteiger partial charge in [0.15, 0.2) is 5.88 Å². The smallest absolute Gasteiger partial charge is 0.251 e. The van der Waals surface area contributed by atoms with Crippen molar-refractivity contribution in [1.29, 1.82) is 0 Å². The van der Waals surface area contributed by atoms with E-state index in [2.05, 4.69) is 10.6 Å². The third-order valence-corrected chi connectivity index (χ3v) is 6.72. The van der Waals surface area contributed by atoms with Crippen molar-refractivity contribution in [2.75, 3.05) is 43.9 Å². The number of piperidine rings is 1. The molecule has 194 valence electrons. The van der Waals surface area contributed by atoms with E-state index in [1.54, 1.807) is 23.1 Å². The highest BCUT2D eigenvalue weighted by molar-refractivity contribution is 6.09. The molecule has 2 aromatic heterocycles. The van der Waals surface area contributed by atoms with Crippen molar-refractivity contribution in [1.82, 2.24) is 10.2 Å². The molecule has 1 saturated heterocycles. The van der Waals surface area contributed by atoms with Crippen LogP contribution in [0.25, 0.3) is 21.9 Å². The second-order valence-corrected chi connectivity index (χ2v) is 9.79. The number of hydrogen-bond donors (Lipinski definition) is 2. The molecule has 1 unspecified atom stereocenters. The first-order chi connectivity index (χ1) is 17.8. The summed E-state index contributed by atoms with van der Waals surface area (Å²) < 4.78 is 24.9. The number of likely N-dealkylation sites (N-methyl/N-ethyl adjacent to an activating group) is 1. The Morgan fingerprint density at radius 1 is 1.16 bits per heavy atom. The number of rotatable bonds is 8. The first kappa shape index (κ1) is 24.8. The van der Waals surface area contributed by atoms with Gasteiger partial charge in [0.25, 0.3) is 5.91 Å². The number of amides is 2. The molecule has 0 saturated carbocycles. The minimum Gasteiger partial charge on any atom is -0.456 e. The van der Waals surface area contributed by atoms with Gasteiger partial charge in [0, 0.05) is 71.8 Å². The van der Waals surface area contributed by atoms with Crippen molar-refractivity contribution in [2.24, 2.45) is 0 Å². The topological polar surface area (TPSA) is 91.0 Å². The monoisotopic (exact) mass is 506 g/mol. The van der Waals surface area contributed by atoms with Crippen molar-refractivity contribution in [3.05, 3.63) is 59.9 Å². The summed E-state index contributed by atoms with van der Waals surface area (Å²) in [5.41, 5.74) is 3.07. The first-order valence-electron chi connectivity index (χ1n) is 12.5. The second-order valence-electron chi connectivity index (χ2n) is 9.79. The summed E-state index contributed by atoms with van der Waals surface area (Å²) in [5, 5.41) is 7.97. The van der Waals surface area contributed by atoms with Crippen LogP contribution in [0.2, 0.25) is 0 Å². The van der Waals surface area contributed by atoms with E-state index in [9.17, 15) is 14.0 Å². The molecule has 0 aliphatic carbocycles. The summed E-state index contributed by atoms with van der Waals surface area (Å²) in [7, 11) is 3.92. The van der Waals surface area contributed by atoms with E-state index in [1.165, 1.54) is 13.2 Å². The van der Waals surface area contributed by atoms with Crippen molar-refractivity contribution in [3.8, 4) is 0 Å². The predicted octanol–water partition coefficient (Wildman–Crippen LogP) is 5.11. The summed E-state index contributed by atoms with van der Waals surface area (Å²) in [6.45, 7) is 3.31. The van der Waals surface area contributed by atoms with Gasteiger partial charge >= 0.3 is 0 Å². The normalized spacial score (nSPS) is 17.1. The SMILES string of the molecule is CC(F)c1coc(N[C@H]2CCN(c3ccc4c(c3)oc3cc(C(=O)NCCN(C)C)ccc34)C(=O)C2)c1. The van der Waals surface area contributed by atoms with Crippen molar-refractivity contribution < 1.29 is 22.8 Å². The fraction of sp³-hybridized carbons (Fsp3) is 0.357. The number of fused-ring (bicyclic) bond motifs is 3. The highest BCUT2D eigenvalue weighted by Gasteiger charge is 2.28. The number of hydrogen-bond acceptors (Lipinski definition) is 6. The molecule has 2 amide bonds. The summed E-state index contributed by atoms with van der Waals surface area (Å²) in [6.07, 6.45) is 1.31. The Balaban J connectivity index is 1.28. The molecule has 8 nitrogen and oxygen atoms in total. The average Bonchev–Trinajstić information content (AvgIpc) is 3.47. The molecule has 37 heavy (non-hydrogen) atoms. The van der Waals surface area contributed by atoms with Crippen molar-refractivity contribution >= 4 is 45.3 Å². The van der Waals surface area contributed by atoms with E-state index < -0.39 is 6.17 Å². The number of alkyl halides is 1. The fourth-order valence-corrected chi connectivity index (χ4v) is 4.64. The van der Waals surface area contributed by atoms with Crippen LogP contribution < -0.4 is 15.5 Å². The Hall–Kier alpha value is -3.85. The van der Waals surface area contributed by atoms with E-state index in [0.29, 0.717) is 47.7 Å². The van der Waals surface area contributed by atoms with E-state index in [1.807, 2.05) is 43.3 Å². The zero-order valence-corrected chi connectivity index (χ0v) is 21.2. The summed E-state index contributed by atoms with van der Waals surface area (Å²) in [5.74, 6) is 0.318. The molecule has 2 N–H and O–H groups in total. The lowest BCUT2D eigenvalue weighted by atomic mass is 10.0. The van der Waals surface area contributed by atoms with Crippen LogP contribution in [-0.2, 0) is 4.79 Å². The lowest BCUT2D eigenvalue weighted by Gasteiger charge is -2.32. The standard InChI is InChI=1S/C28H31FN4O4/c1-17(29)19-13-26(36-16-19)31-20-8-10-33(27(34)14-20)21-5-7-23-22-6-4-18(12-24(22)37-25(23)15-21)28(35)30-9-11-32(2)3/h4-7,12-13,15-17,20,31H,8-11,14H2,1-3H3,(H,30,35)/t17?,20-/m0/s1. The molecule has 0 radical (unpaired) electrons. The number of nitrogens with one attached hydrogen (secondary N) is 2. The molecule has 5 rings (SSSR count). The Bertz CT molecular complexity index is 1440. The third-order valence-electron chi connectivity index (χ3n) is 6.72. The molecule has 0 spiro atoms. The Kier molecular flexibility index (Phi) is 6.88. The minimum absolute atomic E-state index is 0.0125. The quantitative estimate of drug-likeness (QED) is 0.345. The molecule has 1 fully saturated rings. The largest absolute Gasteiger partial charge is 0.456 e. The Labute approximate surface area is 214 Å². The van der Waals surface area contributed by atoms with E-state index in [-0.39, 0.29) is 17.9 Å². The number of anilines is 2. The number of furan rings is 2. The molecule has 1 aliphatic heterocycles. The maximum atomic E-state index is 13.5. The van der Waals surface area contributed by atoms with Gasteiger partial charge in [0.05, 0.1) is 6.26 Å². The van der Waals surface area contributed by atoms with Crippen molar-refractivity contribution in [2.45, 2.75) is 32.0 Å². The maximum Gasteiger partial charge on any atom is 0.251 e. The average molecular weight is 507 g/mol. The molecular formula is C28H31FN4O4. The van der Waals surface area contributed by atoms with Gasteiger partial charge in [-0.1, -0.05) is 0 Å². The van der Waals surface area contributed by atoms with E-state index in [4.69, 9.17) is 8.83 Å². The number of carbonyl (C=O) groups is 2. The fourth-order valence-electron chi connectivity index (χ4n) is 4.64. The van der Waals surface area contributed by atoms with Crippen molar-refractivity contribution in [3.63, 3.8) is 0 Å². The van der Waals surface area contributed by atoms with Gasteiger partial charge in [-0.3, -0.25) is 9.59 Å². The summed E-state index contributed by atoms with van der Waals surface area (Å²) in [6, 6.07) is 12.7. The maximum absolute atomic E-state index is 13.5. The predicted molar refractivity (Wildman–Crippen MR) is 142 cm³/mol. The lowest BCUT2D eigenvalue weighted by molar-refractivity contribution is -0.119. The second kappa shape index (κ2) is 10.3. The van der Waals surface area contributed by atoms with Crippen LogP contribution in [0.4, 0.5) is 16.0 Å². The molecule has 1 aliphatic rings. The number of benzene rings is 2. The van der Waals surface area contributed by atoms with Crippen LogP contribution in [0.3, 0.4) is 0 Å². The van der Waals surface area contributed by atoms with Gasteiger partial charge in [-0.2, -0.15) is 0 Å². The minimum atomic E-state index is -1.10. The molecule has 2 atom stereocenters. The molecule has 4 aromatic rings. The molecule has 9 heteroatoms. The number of carbonyl (C=O) groups excluding carboxylic acids is 2. The number of nitrogens with zero attached hydrogens (tertiary/aromatic N) is 2. The van der Waals surface area contributed by atoms with Gasteiger partial charge in [-0.25, -0.2) is 4.39 Å². The highest BCUT2D eigenvalue weighted by Crippen LogP contribution is 2.33. The first-order valence-corrected chi connectivity index (χ1v) is 12.5. The van der Waals surface area contributed by atoms with E-state index >= 15 is 0 Å².